The molecule has 1 saturated carbocycles. The molecule has 1 aliphatic rings. The Morgan fingerprint density at radius 3 is 2.15 bits per heavy atom. The molecule has 8 nitrogen and oxygen atoms in total. The second kappa shape index (κ2) is 9.16. The van der Waals surface area contributed by atoms with Crippen molar-refractivity contribution in [1.29, 1.82) is 0 Å². The van der Waals surface area contributed by atoms with Gasteiger partial charge in [-0.1, -0.05) is 6.92 Å². The van der Waals surface area contributed by atoms with E-state index in [0.29, 0.717) is 23.8 Å². The van der Waals surface area contributed by atoms with Crippen molar-refractivity contribution in [3.05, 3.63) is 24.3 Å². The number of carbonyl (C=O) groups excluding carboxylic acids is 4. The minimum absolute atomic E-state index is 0.100. The number of benzene rings is 1. The Morgan fingerprint density at radius 2 is 1.67 bits per heavy atom. The molecule has 27 heavy (non-hydrogen) atoms. The summed E-state index contributed by atoms with van der Waals surface area (Å²) in [6, 6.07) is 6.63. The van der Waals surface area contributed by atoms with Crippen molar-refractivity contribution in [3.63, 3.8) is 0 Å². The van der Waals surface area contributed by atoms with Gasteiger partial charge in [0.1, 0.15) is 0 Å². The average Bonchev–Trinajstić information content (AvgIpc) is 3.35. The average molecular weight is 375 g/mol. The molecule has 2 atom stereocenters. The van der Waals surface area contributed by atoms with Gasteiger partial charge in [0.25, 0.3) is 5.91 Å². The molecule has 8 heteroatoms. The summed E-state index contributed by atoms with van der Waals surface area (Å²) in [4.78, 5) is 48.3. The number of esters is 1. The first-order chi connectivity index (χ1) is 12.8. The molecule has 2 N–H and O–H groups in total. The predicted molar refractivity (Wildman–Crippen MR) is 99.9 cm³/mol. The molecule has 0 heterocycles. The third-order valence-electron chi connectivity index (χ3n) is 4.31. The number of amides is 3. The molecule has 0 spiro atoms. The lowest BCUT2D eigenvalue weighted by Gasteiger charge is -2.20. The maximum Gasteiger partial charge on any atom is 0.309 e. The monoisotopic (exact) mass is 375 g/mol. The number of likely N-dealkylation sites (N-methyl/N-ethyl adjacent to an activating group) is 1. The van der Waals surface area contributed by atoms with Crippen LogP contribution in [0.5, 0.6) is 0 Å². The molecule has 0 aliphatic heterocycles. The van der Waals surface area contributed by atoms with Gasteiger partial charge in [-0.3, -0.25) is 19.2 Å². The first kappa shape index (κ1) is 20.4. The Kier molecular flexibility index (Phi) is 6.92. The number of rotatable bonds is 8. The first-order valence-electron chi connectivity index (χ1n) is 8.92. The number of nitrogens with zero attached hydrogens (tertiary/aromatic N) is 1. The van der Waals surface area contributed by atoms with Crippen LogP contribution in [0.2, 0.25) is 0 Å². The Morgan fingerprint density at radius 1 is 1.11 bits per heavy atom. The number of hydrogen-bond donors (Lipinski definition) is 2. The Bertz CT molecular complexity index is 717. The smallest absolute Gasteiger partial charge is 0.309 e. The highest BCUT2D eigenvalue weighted by Crippen LogP contribution is 2.38. The minimum Gasteiger partial charge on any atom is -0.455 e. The standard InChI is InChI=1S/C19H25N3O5/c1-4-22(18(25)11-27-19(26)16-9-12(16)2)10-17(24)21-15-7-5-14(6-8-15)20-13(3)23/h5-8,12,16H,4,9-11H2,1-3H3,(H,20,23)(H,21,24)/t12-,16+/m0/s1. The van der Waals surface area contributed by atoms with Gasteiger partial charge in [-0.15, -0.1) is 0 Å². The second-order valence-electron chi connectivity index (χ2n) is 6.64. The summed E-state index contributed by atoms with van der Waals surface area (Å²) in [5.74, 6) is -1.08. The van der Waals surface area contributed by atoms with Crippen molar-refractivity contribution in [2.75, 3.05) is 30.3 Å². The van der Waals surface area contributed by atoms with Crippen LogP contribution in [0, 0.1) is 11.8 Å². The molecule has 0 bridgehead atoms. The van der Waals surface area contributed by atoms with E-state index >= 15 is 0 Å². The fourth-order valence-corrected chi connectivity index (χ4v) is 2.57. The summed E-state index contributed by atoms with van der Waals surface area (Å²) in [5.41, 5.74) is 1.17. The van der Waals surface area contributed by atoms with Crippen molar-refractivity contribution in [3.8, 4) is 0 Å². The van der Waals surface area contributed by atoms with Crippen molar-refractivity contribution in [1.82, 2.24) is 4.90 Å². The molecular formula is C19H25N3O5. The third-order valence-corrected chi connectivity index (χ3v) is 4.31. The van der Waals surface area contributed by atoms with E-state index in [2.05, 4.69) is 10.6 Å². The number of nitrogens with one attached hydrogen (secondary N) is 2. The molecule has 0 aromatic heterocycles. The number of anilines is 2. The highest BCUT2D eigenvalue weighted by Gasteiger charge is 2.40. The van der Waals surface area contributed by atoms with Gasteiger partial charge in [-0.05, 0) is 43.5 Å². The molecule has 1 aromatic carbocycles. The number of hydrogen-bond acceptors (Lipinski definition) is 5. The van der Waals surface area contributed by atoms with E-state index in [1.807, 2.05) is 6.92 Å². The van der Waals surface area contributed by atoms with Crippen LogP contribution in [0.1, 0.15) is 27.2 Å². The largest absolute Gasteiger partial charge is 0.455 e. The molecule has 0 radical (unpaired) electrons. The lowest BCUT2D eigenvalue weighted by Crippen LogP contribution is -2.40. The van der Waals surface area contributed by atoms with E-state index in [4.69, 9.17) is 4.74 Å². The van der Waals surface area contributed by atoms with Crippen molar-refractivity contribution < 1.29 is 23.9 Å². The summed E-state index contributed by atoms with van der Waals surface area (Å²) in [6.07, 6.45) is 0.799. The van der Waals surface area contributed by atoms with E-state index in [1.54, 1.807) is 31.2 Å². The maximum atomic E-state index is 12.2. The fourth-order valence-electron chi connectivity index (χ4n) is 2.57. The fraction of sp³-hybridized carbons (Fsp3) is 0.474. The minimum atomic E-state index is -0.407. The number of ether oxygens (including phenoxy) is 1. The van der Waals surface area contributed by atoms with Crippen molar-refractivity contribution >= 4 is 35.1 Å². The molecule has 146 valence electrons. The zero-order valence-electron chi connectivity index (χ0n) is 15.8. The van der Waals surface area contributed by atoms with E-state index < -0.39 is 5.91 Å². The Balaban J connectivity index is 1.80. The van der Waals surface area contributed by atoms with Gasteiger partial charge in [-0.25, -0.2) is 0 Å². The van der Waals surface area contributed by atoms with E-state index in [1.165, 1.54) is 11.8 Å². The lowest BCUT2D eigenvalue weighted by atomic mass is 10.2. The van der Waals surface area contributed by atoms with Crippen molar-refractivity contribution in [2.24, 2.45) is 11.8 Å². The second-order valence-corrected chi connectivity index (χ2v) is 6.64. The maximum absolute atomic E-state index is 12.2. The van der Waals surface area contributed by atoms with Crippen LogP contribution in [0.3, 0.4) is 0 Å². The summed E-state index contributed by atoms with van der Waals surface area (Å²) >= 11 is 0. The van der Waals surface area contributed by atoms with Gasteiger partial charge in [0.05, 0.1) is 12.5 Å². The molecule has 0 saturated heterocycles. The van der Waals surface area contributed by atoms with Crippen LogP contribution in [-0.4, -0.2) is 48.3 Å². The van der Waals surface area contributed by atoms with Crippen LogP contribution in [0.25, 0.3) is 0 Å². The number of carbonyl (C=O) groups is 4. The van der Waals surface area contributed by atoms with Crippen LogP contribution in [-0.2, 0) is 23.9 Å². The molecule has 1 aliphatic carbocycles. The summed E-state index contributed by atoms with van der Waals surface area (Å²) in [7, 11) is 0. The normalized spacial score (nSPS) is 17.6. The van der Waals surface area contributed by atoms with Gasteiger partial charge in [0.2, 0.25) is 11.8 Å². The van der Waals surface area contributed by atoms with Gasteiger partial charge < -0.3 is 20.3 Å². The Labute approximate surface area is 158 Å². The zero-order valence-corrected chi connectivity index (χ0v) is 15.8. The van der Waals surface area contributed by atoms with E-state index in [-0.39, 0.29) is 36.9 Å². The van der Waals surface area contributed by atoms with Gasteiger partial charge in [0.15, 0.2) is 6.61 Å². The highest BCUT2D eigenvalue weighted by atomic mass is 16.5. The highest BCUT2D eigenvalue weighted by molar-refractivity contribution is 5.95. The molecule has 1 fully saturated rings. The molecule has 0 unspecified atom stereocenters. The van der Waals surface area contributed by atoms with Crippen LogP contribution in [0.4, 0.5) is 11.4 Å². The molecule has 1 aromatic rings. The van der Waals surface area contributed by atoms with Gasteiger partial charge >= 0.3 is 5.97 Å². The van der Waals surface area contributed by atoms with Crippen LogP contribution in [0.15, 0.2) is 24.3 Å². The molecule has 3 amide bonds. The molecular weight excluding hydrogens is 350 g/mol. The van der Waals surface area contributed by atoms with E-state index in [9.17, 15) is 19.2 Å². The zero-order chi connectivity index (χ0) is 20.0. The third kappa shape index (κ3) is 6.40. The van der Waals surface area contributed by atoms with E-state index in [0.717, 1.165) is 6.42 Å². The topological polar surface area (TPSA) is 105 Å². The van der Waals surface area contributed by atoms with Crippen molar-refractivity contribution in [2.45, 2.75) is 27.2 Å². The quantitative estimate of drug-likeness (QED) is 0.672. The van der Waals surface area contributed by atoms with Gasteiger partial charge in [-0.2, -0.15) is 0 Å². The SMILES string of the molecule is CCN(CC(=O)Nc1ccc(NC(C)=O)cc1)C(=O)COC(=O)[C@@H]1C[C@@H]1C. The molecule has 2 rings (SSSR count). The lowest BCUT2D eigenvalue weighted by molar-refractivity contribution is -0.153. The van der Waals surface area contributed by atoms with Crippen LogP contribution < -0.4 is 10.6 Å². The van der Waals surface area contributed by atoms with Crippen LogP contribution >= 0.6 is 0 Å². The van der Waals surface area contributed by atoms with Gasteiger partial charge in [0, 0.05) is 24.8 Å². The summed E-state index contributed by atoms with van der Waals surface area (Å²) in [5, 5.41) is 5.32. The summed E-state index contributed by atoms with van der Waals surface area (Å²) in [6.45, 7) is 4.95. The summed E-state index contributed by atoms with van der Waals surface area (Å²) < 4.78 is 5.03. The predicted octanol–water partition coefficient (Wildman–Crippen LogP) is 1.63. The first-order valence-corrected chi connectivity index (χ1v) is 8.92. The Hall–Kier alpha value is -2.90.